The van der Waals surface area contributed by atoms with E-state index in [2.05, 4.69) is 15.6 Å². The zero-order valence-electron chi connectivity index (χ0n) is 11.6. The molecule has 0 spiro atoms. The van der Waals surface area contributed by atoms with Crippen LogP contribution in [-0.2, 0) is 4.79 Å². The lowest BCUT2D eigenvalue weighted by molar-refractivity contribution is -0.117. The molecule has 0 fully saturated rings. The molecule has 0 radical (unpaired) electrons. The highest BCUT2D eigenvalue weighted by Gasteiger charge is 2.28. The molecule has 2 heterocycles. The van der Waals surface area contributed by atoms with E-state index in [0.29, 0.717) is 12.4 Å². The monoisotopic (exact) mass is 267 g/mol. The number of carbonyl (C=O) groups is 1. The molecule has 0 saturated heterocycles. The SMILES string of the molecule is Cc1cc(C)nc(NC(=O)C2CNc3ccccc32)c1. The number of anilines is 2. The molecule has 0 saturated carbocycles. The van der Waals surface area contributed by atoms with Crippen LogP contribution in [0.4, 0.5) is 11.5 Å². The van der Waals surface area contributed by atoms with Crippen molar-refractivity contribution in [3.8, 4) is 0 Å². The molecule has 1 amide bonds. The van der Waals surface area contributed by atoms with Crippen molar-refractivity contribution in [3.05, 3.63) is 53.2 Å². The number of benzene rings is 1. The third-order valence-corrected chi connectivity index (χ3v) is 3.50. The number of para-hydroxylation sites is 1. The number of pyridine rings is 1. The Morgan fingerprint density at radius 3 is 2.90 bits per heavy atom. The van der Waals surface area contributed by atoms with Crippen molar-refractivity contribution in [2.24, 2.45) is 0 Å². The molecule has 1 unspecified atom stereocenters. The number of hydrogen-bond donors (Lipinski definition) is 2. The Morgan fingerprint density at radius 2 is 2.10 bits per heavy atom. The minimum atomic E-state index is -0.159. The van der Waals surface area contributed by atoms with Gasteiger partial charge in [0.25, 0.3) is 0 Å². The molecule has 20 heavy (non-hydrogen) atoms. The number of aryl methyl sites for hydroxylation is 2. The van der Waals surface area contributed by atoms with E-state index in [4.69, 9.17) is 0 Å². The normalized spacial score (nSPS) is 16.4. The van der Waals surface area contributed by atoms with Crippen molar-refractivity contribution in [2.75, 3.05) is 17.2 Å². The Labute approximate surface area is 118 Å². The minimum Gasteiger partial charge on any atom is -0.384 e. The van der Waals surface area contributed by atoms with Crippen molar-refractivity contribution in [2.45, 2.75) is 19.8 Å². The van der Waals surface area contributed by atoms with Crippen LogP contribution in [0.25, 0.3) is 0 Å². The van der Waals surface area contributed by atoms with Crippen LogP contribution in [0.15, 0.2) is 36.4 Å². The number of nitrogens with zero attached hydrogens (tertiary/aromatic N) is 1. The van der Waals surface area contributed by atoms with Crippen molar-refractivity contribution >= 4 is 17.4 Å². The fraction of sp³-hybridized carbons (Fsp3) is 0.250. The van der Waals surface area contributed by atoms with Crippen LogP contribution in [0.3, 0.4) is 0 Å². The van der Waals surface area contributed by atoms with Crippen molar-refractivity contribution in [1.29, 1.82) is 0 Å². The summed E-state index contributed by atoms with van der Waals surface area (Å²) in [7, 11) is 0. The summed E-state index contributed by atoms with van der Waals surface area (Å²) in [5.74, 6) is 0.450. The van der Waals surface area contributed by atoms with E-state index in [1.165, 1.54) is 0 Å². The molecule has 4 nitrogen and oxygen atoms in total. The van der Waals surface area contributed by atoms with E-state index in [-0.39, 0.29) is 11.8 Å². The Hall–Kier alpha value is -2.36. The van der Waals surface area contributed by atoms with Gasteiger partial charge < -0.3 is 10.6 Å². The molecule has 102 valence electrons. The van der Waals surface area contributed by atoms with E-state index in [1.807, 2.05) is 50.2 Å². The summed E-state index contributed by atoms with van der Waals surface area (Å²) in [5.41, 5.74) is 4.10. The van der Waals surface area contributed by atoms with Gasteiger partial charge in [-0.2, -0.15) is 0 Å². The van der Waals surface area contributed by atoms with Gasteiger partial charge in [-0.05, 0) is 43.2 Å². The topological polar surface area (TPSA) is 54.0 Å². The smallest absolute Gasteiger partial charge is 0.234 e. The fourth-order valence-electron chi connectivity index (χ4n) is 2.64. The Kier molecular flexibility index (Phi) is 3.14. The average molecular weight is 267 g/mol. The van der Waals surface area contributed by atoms with Gasteiger partial charge in [-0.25, -0.2) is 4.98 Å². The standard InChI is InChI=1S/C16H17N3O/c1-10-7-11(2)18-15(8-10)19-16(20)13-9-17-14-6-4-3-5-12(13)14/h3-8,13,17H,9H2,1-2H3,(H,18,19,20). The first kappa shape index (κ1) is 12.7. The predicted molar refractivity (Wildman–Crippen MR) is 80.0 cm³/mol. The molecule has 0 bridgehead atoms. The van der Waals surface area contributed by atoms with Crippen LogP contribution in [-0.4, -0.2) is 17.4 Å². The lowest BCUT2D eigenvalue weighted by atomic mass is 10.0. The van der Waals surface area contributed by atoms with Gasteiger partial charge in [0.1, 0.15) is 5.82 Å². The van der Waals surface area contributed by atoms with Crippen LogP contribution in [0.2, 0.25) is 0 Å². The molecule has 1 aromatic heterocycles. The van der Waals surface area contributed by atoms with Gasteiger partial charge >= 0.3 is 0 Å². The molecule has 1 aliphatic heterocycles. The first-order chi connectivity index (χ1) is 9.63. The second kappa shape index (κ2) is 4.96. The van der Waals surface area contributed by atoms with Crippen LogP contribution in [0.1, 0.15) is 22.7 Å². The zero-order chi connectivity index (χ0) is 14.1. The minimum absolute atomic E-state index is 0.0139. The van der Waals surface area contributed by atoms with Gasteiger partial charge in [0.15, 0.2) is 0 Å². The van der Waals surface area contributed by atoms with Gasteiger partial charge in [0.2, 0.25) is 5.91 Å². The molecular weight excluding hydrogens is 250 g/mol. The van der Waals surface area contributed by atoms with Crippen LogP contribution in [0.5, 0.6) is 0 Å². The van der Waals surface area contributed by atoms with Gasteiger partial charge in [0, 0.05) is 17.9 Å². The quantitative estimate of drug-likeness (QED) is 0.879. The molecule has 4 heteroatoms. The summed E-state index contributed by atoms with van der Waals surface area (Å²) in [4.78, 5) is 16.8. The zero-order valence-corrected chi connectivity index (χ0v) is 11.6. The summed E-state index contributed by atoms with van der Waals surface area (Å²) < 4.78 is 0. The van der Waals surface area contributed by atoms with Crippen LogP contribution < -0.4 is 10.6 Å². The molecule has 1 atom stereocenters. The van der Waals surface area contributed by atoms with Gasteiger partial charge in [-0.15, -0.1) is 0 Å². The molecule has 1 aromatic carbocycles. The highest BCUT2D eigenvalue weighted by Crippen LogP contribution is 2.31. The lowest BCUT2D eigenvalue weighted by Crippen LogP contribution is -2.23. The summed E-state index contributed by atoms with van der Waals surface area (Å²) in [6.07, 6.45) is 0. The maximum Gasteiger partial charge on any atom is 0.234 e. The fourth-order valence-corrected chi connectivity index (χ4v) is 2.64. The van der Waals surface area contributed by atoms with Gasteiger partial charge in [-0.3, -0.25) is 4.79 Å². The Balaban J connectivity index is 1.81. The van der Waals surface area contributed by atoms with E-state index in [9.17, 15) is 4.79 Å². The van der Waals surface area contributed by atoms with E-state index in [0.717, 1.165) is 22.5 Å². The number of carbonyl (C=O) groups excluding carboxylic acids is 1. The van der Waals surface area contributed by atoms with Crippen molar-refractivity contribution in [1.82, 2.24) is 4.98 Å². The number of aromatic nitrogens is 1. The largest absolute Gasteiger partial charge is 0.384 e. The maximum atomic E-state index is 12.4. The number of rotatable bonds is 2. The third-order valence-electron chi connectivity index (χ3n) is 3.50. The summed E-state index contributed by atoms with van der Waals surface area (Å²) in [5, 5.41) is 6.17. The molecule has 1 aliphatic rings. The highest BCUT2D eigenvalue weighted by molar-refractivity contribution is 5.97. The number of hydrogen-bond acceptors (Lipinski definition) is 3. The first-order valence-corrected chi connectivity index (χ1v) is 6.72. The highest BCUT2D eigenvalue weighted by atomic mass is 16.2. The molecule has 2 N–H and O–H groups in total. The van der Waals surface area contributed by atoms with Crippen molar-refractivity contribution in [3.63, 3.8) is 0 Å². The number of amides is 1. The molecule has 3 rings (SSSR count). The second-order valence-electron chi connectivity index (χ2n) is 5.18. The summed E-state index contributed by atoms with van der Waals surface area (Å²) in [6.45, 7) is 4.56. The predicted octanol–water partition coefficient (Wildman–Crippen LogP) is 2.85. The molecule has 0 aliphatic carbocycles. The first-order valence-electron chi connectivity index (χ1n) is 6.72. The van der Waals surface area contributed by atoms with Gasteiger partial charge in [0.05, 0.1) is 5.92 Å². The Morgan fingerprint density at radius 1 is 1.30 bits per heavy atom. The van der Waals surface area contributed by atoms with E-state index < -0.39 is 0 Å². The number of nitrogens with one attached hydrogen (secondary N) is 2. The van der Waals surface area contributed by atoms with E-state index >= 15 is 0 Å². The third kappa shape index (κ3) is 2.37. The summed E-state index contributed by atoms with van der Waals surface area (Å²) >= 11 is 0. The maximum absolute atomic E-state index is 12.4. The summed E-state index contributed by atoms with van der Waals surface area (Å²) in [6, 6.07) is 11.8. The van der Waals surface area contributed by atoms with Crippen LogP contribution >= 0.6 is 0 Å². The van der Waals surface area contributed by atoms with Crippen LogP contribution in [0, 0.1) is 13.8 Å². The average Bonchev–Trinajstić information content (AvgIpc) is 2.81. The van der Waals surface area contributed by atoms with E-state index in [1.54, 1.807) is 0 Å². The number of fused-ring (bicyclic) bond motifs is 1. The molecular formula is C16H17N3O. The van der Waals surface area contributed by atoms with Crippen molar-refractivity contribution < 1.29 is 4.79 Å². The molecule has 2 aromatic rings. The Bertz CT molecular complexity index is 646. The lowest BCUT2D eigenvalue weighted by Gasteiger charge is -2.11. The van der Waals surface area contributed by atoms with Gasteiger partial charge in [-0.1, -0.05) is 18.2 Å². The second-order valence-corrected chi connectivity index (χ2v) is 5.18.